The van der Waals surface area contributed by atoms with Crippen LogP contribution < -0.4 is 5.32 Å². The van der Waals surface area contributed by atoms with E-state index >= 15 is 4.39 Å². The topological polar surface area (TPSA) is 89.9 Å². The summed E-state index contributed by atoms with van der Waals surface area (Å²) in [6.07, 6.45) is 6.84. The fourth-order valence-corrected chi connectivity index (χ4v) is 6.43. The van der Waals surface area contributed by atoms with E-state index in [1.807, 2.05) is 35.9 Å². The number of ketones is 1. The Hall–Kier alpha value is -3.27. The molecule has 1 amide bonds. The molecule has 224 valence electrons. The summed E-state index contributed by atoms with van der Waals surface area (Å²) < 4.78 is 28.0. The molecule has 2 aliphatic rings. The van der Waals surface area contributed by atoms with E-state index in [9.17, 15) is 14.4 Å². The molecular weight excluding hydrogens is 561 g/mol. The Kier molecular flexibility index (Phi) is 9.60. The highest BCUT2D eigenvalue weighted by atomic mass is 35.5. The van der Waals surface area contributed by atoms with Crippen LogP contribution in [0.1, 0.15) is 54.4 Å². The highest BCUT2D eigenvalue weighted by Gasteiger charge is 2.31. The van der Waals surface area contributed by atoms with Gasteiger partial charge in [-0.15, -0.1) is 0 Å². The van der Waals surface area contributed by atoms with E-state index in [0.29, 0.717) is 12.2 Å². The first-order valence-electron chi connectivity index (χ1n) is 14.5. The van der Waals surface area contributed by atoms with Crippen molar-refractivity contribution in [3.63, 3.8) is 0 Å². The molecule has 3 aromatic rings. The predicted molar refractivity (Wildman–Crippen MR) is 159 cm³/mol. The van der Waals surface area contributed by atoms with Crippen LogP contribution in [0.4, 0.5) is 10.1 Å². The van der Waals surface area contributed by atoms with Gasteiger partial charge in [0.1, 0.15) is 5.82 Å². The van der Waals surface area contributed by atoms with Crippen LogP contribution >= 0.6 is 11.6 Å². The molecule has 8 nitrogen and oxygen atoms in total. The van der Waals surface area contributed by atoms with Crippen LogP contribution in [-0.4, -0.2) is 66.1 Å². The number of likely N-dealkylation sites (tertiary alicyclic amines) is 1. The summed E-state index contributed by atoms with van der Waals surface area (Å²) in [5.74, 6) is -1.28. The van der Waals surface area contributed by atoms with Crippen molar-refractivity contribution in [2.24, 2.45) is 13.0 Å². The van der Waals surface area contributed by atoms with E-state index in [-0.39, 0.29) is 59.1 Å². The van der Waals surface area contributed by atoms with Crippen molar-refractivity contribution >= 4 is 45.9 Å². The Morgan fingerprint density at radius 2 is 1.86 bits per heavy atom. The first kappa shape index (κ1) is 30.2. The van der Waals surface area contributed by atoms with E-state index in [2.05, 4.69) is 10.2 Å². The number of nitrogens with zero attached hydrogens (tertiary/aromatic N) is 2. The average molecular weight is 598 g/mol. The number of para-hydroxylation sites is 1. The molecule has 2 aromatic carbocycles. The molecule has 1 N–H and O–H groups in total. The second-order valence-corrected chi connectivity index (χ2v) is 11.8. The molecular formula is C32H37ClFN3O5. The molecule has 1 aliphatic heterocycles. The van der Waals surface area contributed by atoms with Crippen molar-refractivity contribution < 1.29 is 28.2 Å². The lowest BCUT2D eigenvalue weighted by Gasteiger charge is -2.30. The SMILES string of the molecule is COC(=O)C1CCC(OC[C@@H]2CCCN2CC(=O)Cc2cc(Cl)c(NC(=O)c3cn(C)c4ccccc34)cc2F)CC1. The summed E-state index contributed by atoms with van der Waals surface area (Å²) in [6.45, 7) is 1.53. The molecule has 5 rings (SSSR count). The molecule has 10 heteroatoms. The molecule has 1 atom stereocenters. The van der Waals surface area contributed by atoms with Crippen LogP contribution in [0.2, 0.25) is 5.02 Å². The molecule has 2 heterocycles. The van der Waals surface area contributed by atoms with Gasteiger partial charge in [-0.05, 0) is 68.8 Å². The number of fused-ring (bicyclic) bond motifs is 1. The Balaban J connectivity index is 1.14. The third-order valence-corrected chi connectivity index (χ3v) is 8.84. The Morgan fingerprint density at radius 3 is 2.62 bits per heavy atom. The maximum Gasteiger partial charge on any atom is 0.308 e. The predicted octanol–water partition coefficient (Wildman–Crippen LogP) is 5.55. The van der Waals surface area contributed by atoms with Crippen molar-refractivity contribution in [3.8, 4) is 0 Å². The minimum absolute atomic E-state index is 0.0427. The molecule has 1 saturated heterocycles. The van der Waals surface area contributed by atoms with Gasteiger partial charge < -0.3 is 19.4 Å². The number of nitrogens with one attached hydrogen (secondary N) is 1. The number of halogens is 2. The number of benzene rings is 2. The standard InChI is InChI=1S/C32H37ClFN3O5/c1-36-18-26(25-7-3-4-8-30(25)36)31(39)35-29-16-28(34)21(15-27(29)33)14-23(38)17-37-13-5-6-22(37)19-42-24-11-9-20(10-12-24)32(40)41-2/h3-4,7-8,15-16,18,20,22,24H,5-6,9-14,17,19H2,1-2H3,(H,35,39)/t20?,22-,24?/m0/s1. The maximum atomic E-state index is 15.1. The number of Topliss-reactive ketones (excluding diaryl/α,β-unsaturated/α-hetero) is 1. The first-order chi connectivity index (χ1) is 20.2. The van der Waals surface area contributed by atoms with Crippen molar-refractivity contribution in [1.29, 1.82) is 0 Å². The zero-order chi connectivity index (χ0) is 29.8. The van der Waals surface area contributed by atoms with Gasteiger partial charge in [0, 0.05) is 36.6 Å². The van der Waals surface area contributed by atoms with Crippen molar-refractivity contribution in [1.82, 2.24) is 9.47 Å². The highest BCUT2D eigenvalue weighted by Crippen LogP contribution is 2.30. The van der Waals surface area contributed by atoms with Gasteiger partial charge in [0.15, 0.2) is 5.78 Å². The number of anilines is 1. The minimum atomic E-state index is -0.593. The smallest absolute Gasteiger partial charge is 0.308 e. The largest absolute Gasteiger partial charge is 0.469 e. The summed E-state index contributed by atoms with van der Waals surface area (Å²) >= 11 is 6.43. The average Bonchev–Trinajstić information content (AvgIpc) is 3.57. The van der Waals surface area contributed by atoms with Gasteiger partial charge >= 0.3 is 5.97 Å². The number of carbonyl (C=O) groups excluding carboxylic acids is 3. The molecule has 1 aromatic heterocycles. The summed E-state index contributed by atoms with van der Waals surface area (Å²) in [4.78, 5) is 39.9. The lowest BCUT2D eigenvalue weighted by molar-refractivity contribution is -0.147. The monoisotopic (exact) mass is 597 g/mol. The van der Waals surface area contributed by atoms with Crippen molar-refractivity contribution in [2.75, 3.05) is 32.1 Å². The van der Waals surface area contributed by atoms with Gasteiger partial charge in [0.25, 0.3) is 5.91 Å². The third kappa shape index (κ3) is 6.85. The zero-order valence-electron chi connectivity index (χ0n) is 24.0. The summed E-state index contributed by atoms with van der Waals surface area (Å²) in [7, 11) is 3.28. The van der Waals surface area contributed by atoms with Gasteiger partial charge in [-0.25, -0.2) is 4.39 Å². The summed E-state index contributed by atoms with van der Waals surface area (Å²) in [5, 5.41) is 3.67. The molecule has 1 saturated carbocycles. The van der Waals surface area contributed by atoms with E-state index in [0.717, 1.165) is 56.0 Å². The van der Waals surface area contributed by atoms with Crippen molar-refractivity contribution in [3.05, 3.63) is 64.6 Å². The van der Waals surface area contributed by atoms with E-state index in [1.165, 1.54) is 19.2 Å². The fourth-order valence-electron chi connectivity index (χ4n) is 6.20. The number of aryl methyl sites for hydroxylation is 1. The lowest BCUT2D eigenvalue weighted by atomic mass is 9.87. The number of ether oxygens (including phenoxy) is 2. The molecule has 0 spiro atoms. The molecule has 1 aliphatic carbocycles. The fraction of sp³-hybridized carbons (Fsp3) is 0.469. The summed E-state index contributed by atoms with van der Waals surface area (Å²) in [5.41, 5.74) is 1.72. The second-order valence-electron chi connectivity index (χ2n) is 11.4. The van der Waals surface area contributed by atoms with E-state index in [4.69, 9.17) is 21.1 Å². The van der Waals surface area contributed by atoms with E-state index < -0.39 is 11.7 Å². The van der Waals surface area contributed by atoms with Gasteiger partial charge in [0.2, 0.25) is 0 Å². The normalized spacial score (nSPS) is 21.0. The highest BCUT2D eigenvalue weighted by molar-refractivity contribution is 6.34. The summed E-state index contributed by atoms with van der Waals surface area (Å²) in [6, 6.07) is 10.3. The van der Waals surface area contributed by atoms with Crippen LogP contribution in [0.25, 0.3) is 10.9 Å². The molecule has 0 radical (unpaired) electrons. The zero-order valence-corrected chi connectivity index (χ0v) is 24.8. The molecule has 0 unspecified atom stereocenters. The van der Waals surface area contributed by atoms with Crippen LogP contribution in [-0.2, 0) is 32.5 Å². The Labute approximate surface area is 250 Å². The lowest BCUT2D eigenvalue weighted by Crippen LogP contribution is -2.39. The Bertz CT molecular complexity index is 1470. The van der Waals surface area contributed by atoms with Crippen LogP contribution in [0, 0.1) is 11.7 Å². The van der Waals surface area contributed by atoms with Gasteiger partial charge in [-0.1, -0.05) is 29.8 Å². The number of amides is 1. The molecule has 0 bridgehead atoms. The number of hydrogen-bond acceptors (Lipinski definition) is 6. The number of aromatic nitrogens is 1. The van der Waals surface area contributed by atoms with E-state index in [1.54, 1.807) is 6.20 Å². The number of hydrogen-bond donors (Lipinski definition) is 1. The maximum absolute atomic E-state index is 15.1. The second kappa shape index (κ2) is 13.4. The quantitative estimate of drug-likeness (QED) is 0.308. The first-order valence-corrected chi connectivity index (χ1v) is 14.9. The molecule has 2 fully saturated rings. The third-order valence-electron chi connectivity index (χ3n) is 8.53. The number of rotatable bonds is 10. The van der Waals surface area contributed by atoms with Crippen LogP contribution in [0.5, 0.6) is 0 Å². The van der Waals surface area contributed by atoms with Crippen molar-refractivity contribution in [2.45, 2.75) is 57.1 Å². The van der Waals surface area contributed by atoms with Crippen LogP contribution in [0.3, 0.4) is 0 Å². The minimum Gasteiger partial charge on any atom is -0.469 e. The number of esters is 1. The van der Waals surface area contributed by atoms with Gasteiger partial charge in [0.05, 0.1) is 48.6 Å². The van der Waals surface area contributed by atoms with Gasteiger partial charge in [-0.3, -0.25) is 19.3 Å². The number of carbonyl (C=O) groups is 3. The van der Waals surface area contributed by atoms with Crippen LogP contribution in [0.15, 0.2) is 42.6 Å². The number of methoxy groups -OCH3 is 1. The van der Waals surface area contributed by atoms with Gasteiger partial charge in [-0.2, -0.15) is 0 Å². The Morgan fingerprint density at radius 1 is 1.10 bits per heavy atom. The molecule has 42 heavy (non-hydrogen) atoms.